The maximum atomic E-state index is 10.7. The molecule has 0 fully saturated rings. The summed E-state index contributed by atoms with van der Waals surface area (Å²) in [5.74, 6) is 0. The minimum Gasteiger partial charge on any atom is -0.357 e. The van der Waals surface area contributed by atoms with Crippen LogP contribution >= 0.6 is 11.6 Å². The van der Waals surface area contributed by atoms with Gasteiger partial charge in [-0.3, -0.25) is 4.79 Å². The first kappa shape index (κ1) is 11.2. The summed E-state index contributed by atoms with van der Waals surface area (Å²) in [5.41, 5.74) is 2.60. The Morgan fingerprint density at radius 2 is 2.00 bits per heavy atom. The number of H-pyrrole nitrogens is 1. The highest BCUT2D eigenvalue weighted by Crippen LogP contribution is 2.35. The fourth-order valence-corrected chi connectivity index (χ4v) is 2.25. The van der Waals surface area contributed by atoms with Crippen LogP contribution in [-0.2, 0) is 5.41 Å². The van der Waals surface area contributed by atoms with Gasteiger partial charge in [-0.25, -0.2) is 0 Å². The molecule has 0 spiro atoms. The zero-order valence-corrected chi connectivity index (χ0v) is 10.4. The van der Waals surface area contributed by atoms with E-state index in [-0.39, 0.29) is 5.41 Å². The summed E-state index contributed by atoms with van der Waals surface area (Å²) >= 11 is 6.32. The van der Waals surface area contributed by atoms with Crippen molar-refractivity contribution in [1.82, 2.24) is 4.98 Å². The monoisotopic (exact) mass is 235 g/mol. The lowest BCUT2D eigenvalue weighted by Gasteiger charge is -2.16. The predicted molar refractivity (Wildman–Crippen MR) is 67.4 cm³/mol. The average Bonchev–Trinajstić information content (AvgIpc) is 2.55. The molecule has 0 saturated heterocycles. The van der Waals surface area contributed by atoms with Gasteiger partial charge < -0.3 is 4.98 Å². The minimum absolute atomic E-state index is 0.0303. The van der Waals surface area contributed by atoms with Gasteiger partial charge in [0.15, 0.2) is 0 Å². The van der Waals surface area contributed by atoms with Gasteiger partial charge in [0, 0.05) is 27.6 Å². The Hall–Kier alpha value is -1.28. The van der Waals surface area contributed by atoms with Crippen LogP contribution in [0.5, 0.6) is 0 Å². The second kappa shape index (κ2) is 3.63. The van der Waals surface area contributed by atoms with Crippen molar-refractivity contribution in [2.45, 2.75) is 26.2 Å². The van der Waals surface area contributed by atoms with Crippen molar-refractivity contribution in [2.75, 3.05) is 0 Å². The number of benzene rings is 1. The lowest BCUT2D eigenvalue weighted by molar-refractivity contribution is 0.112. The number of hydrogen-bond acceptors (Lipinski definition) is 1. The van der Waals surface area contributed by atoms with Crippen molar-refractivity contribution in [1.29, 1.82) is 0 Å². The van der Waals surface area contributed by atoms with Crippen LogP contribution in [0.2, 0.25) is 5.02 Å². The molecule has 0 bridgehead atoms. The molecule has 0 radical (unpaired) electrons. The van der Waals surface area contributed by atoms with Crippen molar-refractivity contribution in [3.63, 3.8) is 0 Å². The molecular formula is C13H14ClNO. The largest absolute Gasteiger partial charge is 0.357 e. The van der Waals surface area contributed by atoms with E-state index in [1.807, 2.05) is 12.1 Å². The normalized spacial score (nSPS) is 12.0. The van der Waals surface area contributed by atoms with E-state index in [0.29, 0.717) is 10.6 Å². The third kappa shape index (κ3) is 1.74. The van der Waals surface area contributed by atoms with Crippen molar-refractivity contribution < 1.29 is 4.79 Å². The fourth-order valence-electron chi connectivity index (χ4n) is 1.77. The molecule has 2 nitrogen and oxygen atoms in total. The number of fused-ring (bicyclic) bond motifs is 1. The maximum absolute atomic E-state index is 10.7. The van der Waals surface area contributed by atoms with Crippen LogP contribution in [0, 0.1) is 0 Å². The third-order valence-electron chi connectivity index (χ3n) is 2.65. The fraction of sp³-hybridized carbons (Fsp3) is 0.308. The van der Waals surface area contributed by atoms with Crippen molar-refractivity contribution in [3.05, 3.63) is 34.5 Å². The SMILES string of the molecule is CC(C)(C)c1[nH]c2ccc(C=O)cc2c1Cl. The molecule has 0 atom stereocenters. The topological polar surface area (TPSA) is 32.9 Å². The van der Waals surface area contributed by atoms with Gasteiger partial charge in [0.05, 0.1) is 5.02 Å². The predicted octanol–water partition coefficient (Wildman–Crippen LogP) is 3.93. The lowest BCUT2D eigenvalue weighted by atomic mass is 9.92. The number of carbonyl (C=O) groups is 1. The van der Waals surface area contributed by atoms with Crippen LogP contribution in [0.3, 0.4) is 0 Å². The van der Waals surface area contributed by atoms with Gasteiger partial charge in [-0.05, 0) is 18.2 Å². The summed E-state index contributed by atoms with van der Waals surface area (Å²) in [6, 6.07) is 5.49. The molecule has 0 saturated carbocycles. The summed E-state index contributed by atoms with van der Waals surface area (Å²) in [5, 5.41) is 1.63. The molecule has 1 aromatic carbocycles. The number of nitrogens with one attached hydrogen (secondary N) is 1. The third-order valence-corrected chi connectivity index (χ3v) is 3.04. The Morgan fingerprint density at radius 1 is 1.31 bits per heavy atom. The molecule has 0 aliphatic heterocycles. The van der Waals surface area contributed by atoms with Crippen molar-refractivity contribution >= 4 is 28.8 Å². The van der Waals surface area contributed by atoms with Crippen LogP contribution < -0.4 is 0 Å². The first-order valence-electron chi connectivity index (χ1n) is 5.20. The van der Waals surface area contributed by atoms with Gasteiger partial charge in [-0.15, -0.1) is 0 Å². The highest BCUT2D eigenvalue weighted by Gasteiger charge is 2.21. The molecule has 1 heterocycles. The Balaban J connectivity index is 2.73. The highest BCUT2D eigenvalue weighted by molar-refractivity contribution is 6.36. The molecule has 0 amide bonds. The molecule has 3 heteroatoms. The summed E-state index contributed by atoms with van der Waals surface area (Å²) < 4.78 is 0. The maximum Gasteiger partial charge on any atom is 0.150 e. The molecule has 84 valence electrons. The van der Waals surface area contributed by atoms with Crippen molar-refractivity contribution in [2.24, 2.45) is 0 Å². The first-order chi connectivity index (χ1) is 7.43. The Kier molecular flexibility index (Phi) is 2.55. The minimum atomic E-state index is -0.0303. The molecule has 0 unspecified atom stereocenters. The number of hydrogen-bond donors (Lipinski definition) is 1. The molecule has 1 N–H and O–H groups in total. The molecular weight excluding hydrogens is 222 g/mol. The van der Waals surface area contributed by atoms with Gasteiger partial charge in [0.25, 0.3) is 0 Å². The smallest absolute Gasteiger partial charge is 0.150 e. The summed E-state index contributed by atoms with van der Waals surface area (Å²) in [6.45, 7) is 6.30. The second-order valence-electron chi connectivity index (χ2n) is 4.99. The standard InChI is InChI=1S/C13H14ClNO/c1-13(2,3)12-11(14)9-6-8(7-16)4-5-10(9)15-12/h4-7,15H,1-3H3. The number of halogens is 1. The van der Waals surface area contributed by atoms with Gasteiger partial charge in [0.1, 0.15) is 6.29 Å². The average molecular weight is 236 g/mol. The zero-order chi connectivity index (χ0) is 11.9. The first-order valence-corrected chi connectivity index (χ1v) is 5.58. The number of aldehydes is 1. The van der Waals surface area contributed by atoms with Gasteiger partial charge in [-0.2, -0.15) is 0 Å². The van der Waals surface area contributed by atoms with E-state index in [1.54, 1.807) is 6.07 Å². The molecule has 0 aliphatic carbocycles. The van der Waals surface area contributed by atoms with Crippen LogP contribution in [0.1, 0.15) is 36.8 Å². The van der Waals surface area contributed by atoms with Gasteiger partial charge in [0.2, 0.25) is 0 Å². The van der Waals surface area contributed by atoms with E-state index in [0.717, 1.165) is 22.9 Å². The summed E-state index contributed by atoms with van der Waals surface area (Å²) in [7, 11) is 0. The van der Waals surface area contributed by atoms with Crippen molar-refractivity contribution in [3.8, 4) is 0 Å². The highest BCUT2D eigenvalue weighted by atomic mass is 35.5. The summed E-state index contributed by atoms with van der Waals surface area (Å²) in [6.07, 6.45) is 0.833. The van der Waals surface area contributed by atoms with Gasteiger partial charge in [-0.1, -0.05) is 32.4 Å². The molecule has 2 rings (SSSR count). The van der Waals surface area contributed by atoms with E-state index in [9.17, 15) is 4.79 Å². The molecule has 16 heavy (non-hydrogen) atoms. The quantitative estimate of drug-likeness (QED) is 0.747. The van der Waals surface area contributed by atoms with E-state index in [4.69, 9.17) is 11.6 Å². The number of aromatic amines is 1. The molecule has 2 aromatic rings. The number of carbonyl (C=O) groups excluding carboxylic acids is 1. The van der Waals surface area contributed by atoms with Crippen LogP contribution in [0.15, 0.2) is 18.2 Å². The van der Waals surface area contributed by atoms with Crippen LogP contribution in [-0.4, -0.2) is 11.3 Å². The number of aromatic nitrogens is 1. The Morgan fingerprint density at radius 3 is 2.56 bits per heavy atom. The lowest BCUT2D eigenvalue weighted by Crippen LogP contribution is -2.11. The second-order valence-corrected chi connectivity index (χ2v) is 5.36. The van der Waals surface area contributed by atoms with E-state index in [1.165, 1.54) is 0 Å². The Bertz CT molecular complexity index is 549. The molecule has 0 aliphatic rings. The van der Waals surface area contributed by atoms with Gasteiger partial charge >= 0.3 is 0 Å². The van der Waals surface area contributed by atoms with E-state index < -0.39 is 0 Å². The summed E-state index contributed by atoms with van der Waals surface area (Å²) in [4.78, 5) is 14.0. The zero-order valence-electron chi connectivity index (χ0n) is 9.60. The van der Waals surface area contributed by atoms with Crippen LogP contribution in [0.4, 0.5) is 0 Å². The number of rotatable bonds is 1. The van der Waals surface area contributed by atoms with E-state index >= 15 is 0 Å². The molecule has 1 aromatic heterocycles. The van der Waals surface area contributed by atoms with E-state index in [2.05, 4.69) is 25.8 Å². The Labute approximate surface area is 99.6 Å². The van der Waals surface area contributed by atoms with Crippen LogP contribution in [0.25, 0.3) is 10.9 Å².